The van der Waals surface area contributed by atoms with Crippen LogP contribution in [0.5, 0.6) is 5.75 Å². The predicted molar refractivity (Wildman–Crippen MR) is 135 cm³/mol. The Balaban J connectivity index is 1.67. The van der Waals surface area contributed by atoms with E-state index < -0.39 is 0 Å². The Morgan fingerprint density at radius 3 is 2.71 bits per heavy atom. The third-order valence-electron chi connectivity index (χ3n) is 5.35. The lowest BCUT2D eigenvalue weighted by molar-refractivity contribution is 0.411. The van der Waals surface area contributed by atoms with Gasteiger partial charge in [0.15, 0.2) is 5.16 Å². The number of aromatic nitrogens is 4. The van der Waals surface area contributed by atoms with E-state index in [-0.39, 0.29) is 11.1 Å². The van der Waals surface area contributed by atoms with Crippen molar-refractivity contribution in [3.63, 3.8) is 0 Å². The van der Waals surface area contributed by atoms with Gasteiger partial charge in [0.05, 0.1) is 29.4 Å². The van der Waals surface area contributed by atoms with Gasteiger partial charge >= 0.3 is 0 Å². The summed E-state index contributed by atoms with van der Waals surface area (Å²) in [6.07, 6.45) is 1.68. The van der Waals surface area contributed by atoms with Crippen molar-refractivity contribution in [1.29, 1.82) is 0 Å². The number of halogens is 1. The quantitative estimate of drug-likeness (QED) is 0.263. The minimum atomic E-state index is -0.236. The van der Waals surface area contributed by atoms with Crippen molar-refractivity contribution < 1.29 is 4.74 Å². The SMILES string of the molecule is COc1ccc(C)cc1-n1c(SCc2cc(=O)n3ccccc3n2)nc2cc(Cl)ccc2c1=O. The highest BCUT2D eigenvalue weighted by Gasteiger charge is 2.18. The van der Waals surface area contributed by atoms with Crippen LogP contribution in [0.1, 0.15) is 11.3 Å². The second-order valence-corrected chi connectivity index (χ2v) is 9.05. The first-order chi connectivity index (χ1) is 16.4. The first-order valence-corrected chi connectivity index (χ1v) is 11.8. The van der Waals surface area contributed by atoms with Crippen molar-refractivity contribution in [3.05, 3.63) is 104 Å². The number of nitrogens with zero attached hydrogens (tertiary/aromatic N) is 4. The van der Waals surface area contributed by atoms with Crippen LogP contribution in [0.15, 0.2) is 81.6 Å². The molecule has 2 aromatic carbocycles. The van der Waals surface area contributed by atoms with E-state index in [4.69, 9.17) is 21.3 Å². The molecule has 0 aliphatic carbocycles. The van der Waals surface area contributed by atoms with Gasteiger partial charge in [0.1, 0.15) is 11.4 Å². The first kappa shape index (κ1) is 22.2. The molecule has 5 aromatic rings. The lowest BCUT2D eigenvalue weighted by Crippen LogP contribution is -2.22. The molecular formula is C25H19ClN4O3S. The molecule has 3 heterocycles. The molecule has 170 valence electrons. The van der Waals surface area contributed by atoms with Crippen LogP contribution in [0.3, 0.4) is 0 Å². The number of fused-ring (bicyclic) bond motifs is 2. The molecule has 0 fully saturated rings. The molecule has 0 atom stereocenters. The third kappa shape index (κ3) is 4.06. The molecular weight excluding hydrogens is 472 g/mol. The van der Waals surface area contributed by atoms with E-state index >= 15 is 0 Å². The van der Waals surface area contributed by atoms with Crippen LogP contribution >= 0.6 is 23.4 Å². The Morgan fingerprint density at radius 2 is 1.88 bits per heavy atom. The molecule has 0 radical (unpaired) electrons. The Hall–Kier alpha value is -3.62. The lowest BCUT2D eigenvalue weighted by atomic mass is 10.2. The van der Waals surface area contributed by atoms with E-state index in [1.165, 1.54) is 22.2 Å². The normalized spacial score (nSPS) is 11.3. The largest absolute Gasteiger partial charge is 0.495 e. The topological polar surface area (TPSA) is 78.5 Å². The van der Waals surface area contributed by atoms with E-state index in [0.29, 0.717) is 49.6 Å². The second-order valence-electron chi connectivity index (χ2n) is 7.67. The fraction of sp³-hybridized carbons (Fsp3) is 0.120. The predicted octanol–water partition coefficient (Wildman–Crippen LogP) is 4.66. The summed E-state index contributed by atoms with van der Waals surface area (Å²) in [7, 11) is 1.56. The van der Waals surface area contributed by atoms with Gasteiger partial charge in [-0.1, -0.05) is 35.5 Å². The Labute approximate surface area is 203 Å². The highest BCUT2D eigenvalue weighted by Crippen LogP contribution is 2.30. The number of methoxy groups -OCH3 is 1. The van der Waals surface area contributed by atoms with Gasteiger partial charge in [0.2, 0.25) is 0 Å². The molecule has 3 aromatic heterocycles. The van der Waals surface area contributed by atoms with E-state index in [1.807, 2.05) is 31.2 Å². The smallest absolute Gasteiger partial charge is 0.266 e. The molecule has 0 spiro atoms. The summed E-state index contributed by atoms with van der Waals surface area (Å²) < 4.78 is 8.57. The Morgan fingerprint density at radius 1 is 1.03 bits per heavy atom. The van der Waals surface area contributed by atoms with Crippen LogP contribution in [0, 0.1) is 6.92 Å². The van der Waals surface area contributed by atoms with Crippen molar-refractivity contribution in [2.75, 3.05) is 7.11 Å². The summed E-state index contributed by atoms with van der Waals surface area (Å²) in [4.78, 5) is 35.5. The molecule has 0 saturated heterocycles. The molecule has 0 saturated carbocycles. The second kappa shape index (κ2) is 8.96. The zero-order chi connectivity index (χ0) is 23.8. The highest BCUT2D eigenvalue weighted by atomic mass is 35.5. The van der Waals surface area contributed by atoms with Crippen LogP contribution in [0.4, 0.5) is 0 Å². The van der Waals surface area contributed by atoms with Crippen LogP contribution in [-0.2, 0) is 5.75 Å². The van der Waals surface area contributed by atoms with Gasteiger partial charge in [-0.15, -0.1) is 0 Å². The maximum Gasteiger partial charge on any atom is 0.266 e. The van der Waals surface area contributed by atoms with Gasteiger partial charge in [0.25, 0.3) is 11.1 Å². The van der Waals surface area contributed by atoms with Gasteiger partial charge in [-0.2, -0.15) is 0 Å². The van der Waals surface area contributed by atoms with E-state index in [1.54, 1.807) is 48.2 Å². The molecule has 0 aliphatic heterocycles. The number of ether oxygens (including phenoxy) is 1. The summed E-state index contributed by atoms with van der Waals surface area (Å²) in [6.45, 7) is 1.95. The Kier molecular flexibility index (Phi) is 5.85. The number of benzene rings is 2. The van der Waals surface area contributed by atoms with Gasteiger partial charge in [0, 0.05) is 23.0 Å². The molecule has 5 rings (SSSR count). The summed E-state index contributed by atoms with van der Waals surface area (Å²) in [5.74, 6) is 0.888. The van der Waals surface area contributed by atoms with Crippen LogP contribution < -0.4 is 15.9 Å². The average molecular weight is 491 g/mol. The molecule has 0 unspecified atom stereocenters. The molecule has 0 N–H and O–H groups in total. The average Bonchev–Trinajstić information content (AvgIpc) is 2.82. The monoisotopic (exact) mass is 490 g/mol. The minimum absolute atomic E-state index is 0.169. The molecule has 0 amide bonds. The van der Waals surface area contributed by atoms with Crippen LogP contribution in [0.25, 0.3) is 22.2 Å². The molecule has 34 heavy (non-hydrogen) atoms. The Bertz CT molecular complexity index is 1680. The summed E-state index contributed by atoms with van der Waals surface area (Å²) >= 11 is 7.49. The van der Waals surface area contributed by atoms with Gasteiger partial charge in [-0.05, 0) is 55.0 Å². The summed E-state index contributed by atoms with van der Waals surface area (Å²) in [5.41, 5.74) is 2.79. The zero-order valence-corrected chi connectivity index (χ0v) is 19.9. The minimum Gasteiger partial charge on any atom is -0.495 e. The zero-order valence-electron chi connectivity index (χ0n) is 18.4. The standard InChI is InChI=1S/C25H19ClN4O3S/c1-15-6-9-21(33-2)20(11-15)30-24(32)18-8-7-16(26)12-19(18)28-25(30)34-14-17-13-23(31)29-10-4-3-5-22(29)27-17/h3-13H,14H2,1-2H3. The molecule has 7 nitrogen and oxygen atoms in total. The van der Waals surface area contributed by atoms with Crippen molar-refractivity contribution in [2.24, 2.45) is 0 Å². The van der Waals surface area contributed by atoms with Crippen molar-refractivity contribution in [3.8, 4) is 11.4 Å². The van der Waals surface area contributed by atoms with Gasteiger partial charge in [-0.25, -0.2) is 9.97 Å². The van der Waals surface area contributed by atoms with Gasteiger partial charge < -0.3 is 4.74 Å². The number of hydrogen-bond acceptors (Lipinski definition) is 6. The maximum absolute atomic E-state index is 13.6. The first-order valence-electron chi connectivity index (χ1n) is 10.4. The van der Waals surface area contributed by atoms with Crippen LogP contribution in [-0.4, -0.2) is 26.0 Å². The van der Waals surface area contributed by atoms with E-state index in [2.05, 4.69) is 4.98 Å². The van der Waals surface area contributed by atoms with Crippen LogP contribution in [0.2, 0.25) is 5.02 Å². The van der Waals surface area contributed by atoms with Crippen molar-refractivity contribution >= 4 is 39.9 Å². The maximum atomic E-state index is 13.6. The molecule has 0 bridgehead atoms. The van der Waals surface area contributed by atoms with Crippen molar-refractivity contribution in [2.45, 2.75) is 17.8 Å². The molecule has 9 heteroatoms. The number of pyridine rings is 1. The summed E-state index contributed by atoms with van der Waals surface area (Å²) in [6, 6.07) is 17.5. The lowest BCUT2D eigenvalue weighted by Gasteiger charge is -2.16. The summed E-state index contributed by atoms with van der Waals surface area (Å²) in [5, 5.41) is 1.38. The fourth-order valence-electron chi connectivity index (χ4n) is 3.74. The van der Waals surface area contributed by atoms with E-state index in [9.17, 15) is 9.59 Å². The number of hydrogen-bond donors (Lipinski definition) is 0. The highest BCUT2D eigenvalue weighted by molar-refractivity contribution is 7.98. The number of aryl methyl sites for hydroxylation is 1. The van der Waals surface area contributed by atoms with E-state index in [0.717, 1.165) is 5.56 Å². The van der Waals surface area contributed by atoms with Crippen molar-refractivity contribution in [1.82, 2.24) is 18.9 Å². The number of thioether (sulfide) groups is 1. The third-order valence-corrected chi connectivity index (χ3v) is 6.56. The fourth-order valence-corrected chi connectivity index (χ4v) is 4.80. The molecule has 0 aliphatic rings. The van der Waals surface area contributed by atoms with Gasteiger partial charge in [-0.3, -0.25) is 18.6 Å². The number of rotatable bonds is 5.